The van der Waals surface area contributed by atoms with Gasteiger partial charge in [0.1, 0.15) is 5.03 Å². The molecule has 1 aliphatic heterocycles. The van der Waals surface area contributed by atoms with Crippen molar-refractivity contribution >= 4 is 50.3 Å². The molecule has 24 heavy (non-hydrogen) atoms. The van der Waals surface area contributed by atoms with Gasteiger partial charge in [-0.15, -0.1) is 11.3 Å². The van der Waals surface area contributed by atoms with Crippen molar-refractivity contribution in [2.75, 3.05) is 0 Å². The minimum absolute atomic E-state index is 0.00629. The van der Waals surface area contributed by atoms with Crippen LogP contribution in [-0.2, 0) is 26.2 Å². The Kier molecular flexibility index (Phi) is 4.31. The van der Waals surface area contributed by atoms with Crippen LogP contribution in [0.4, 0.5) is 0 Å². The third-order valence-corrected chi connectivity index (χ3v) is 5.64. The third-order valence-electron chi connectivity index (χ3n) is 3.47. The number of carbonyl (C=O) groups excluding carboxylic acids is 2. The van der Waals surface area contributed by atoms with Crippen LogP contribution in [0.1, 0.15) is 10.4 Å². The van der Waals surface area contributed by atoms with Gasteiger partial charge in [-0.2, -0.15) is 0 Å². The molecule has 124 valence electrons. The predicted octanol–water partition coefficient (Wildman–Crippen LogP) is 1.91. The molecule has 1 aromatic carbocycles. The monoisotopic (exact) mass is 382 g/mol. The van der Waals surface area contributed by atoms with Gasteiger partial charge in [0.05, 0.1) is 17.0 Å². The quantitative estimate of drug-likeness (QED) is 0.816. The molecule has 0 radical (unpaired) electrons. The first kappa shape index (κ1) is 16.8. The minimum Gasteiger partial charge on any atom is -0.269 e. The molecule has 0 saturated carbocycles. The molecular formula is C15H11ClN2O4S2. The summed E-state index contributed by atoms with van der Waals surface area (Å²) in [6.07, 6.45) is 0. The van der Waals surface area contributed by atoms with Crippen molar-refractivity contribution in [3.05, 3.63) is 57.3 Å². The Bertz CT molecular complexity index is 948. The van der Waals surface area contributed by atoms with Crippen LogP contribution in [0.5, 0.6) is 0 Å². The number of hydrogen-bond donors (Lipinski definition) is 1. The maximum Gasteiger partial charge on any atom is 0.273 e. The number of thiophene rings is 1. The number of nitrogens with two attached hydrogens (primary N) is 1. The molecule has 6 nitrogen and oxygen atoms in total. The molecule has 1 aromatic heterocycles. The molecular weight excluding hydrogens is 372 g/mol. The standard InChI is InChI=1S/C15H11ClN2O4S2/c16-13-12(11-2-1-7-23-11)14(19)18(15(13)20)8-9-3-5-10(6-4-9)24(17,21)22/h1-7H,8H2,(H2,17,21,22). The summed E-state index contributed by atoms with van der Waals surface area (Å²) in [7, 11) is -3.79. The Morgan fingerprint density at radius 1 is 1.08 bits per heavy atom. The smallest absolute Gasteiger partial charge is 0.269 e. The number of amides is 2. The number of nitrogens with zero attached hydrogens (tertiary/aromatic N) is 1. The van der Waals surface area contributed by atoms with Crippen molar-refractivity contribution in [3.8, 4) is 0 Å². The third kappa shape index (κ3) is 3.01. The van der Waals surface area contributed by atoms with Gasteiger partial charge in [-0.3, -0.25) is 14.5 Å². The summed E-state index contributed by atoms with van der Waals surface area (Å²) in [6.45, 7) is -0.00629. The van der Waals surface area contributed by atoms with Gasteiger partial charge < -0.3 is 0 Å². The second-order valence-electron chi connectivity index (χ2n) is 5.05. The Hall–Kier alpha value is -2.00. The average molecular weight is 383 g/mol. The van der Waals surface area contributed by atoms with E-state index in [0.29, 0.717) is 10.4 Å². The summed E-state index contributed by atoms with van der Waals surface area (Å²) >= 11 is 7.36. The lowest BCUT2D eigenvalue weighted by Gasteiger charge is -2.14. The highest BCUT2D eigenvalue weighted by Crippen LogP contribution is 2.34. The van der Waals surface area contributed by atoms with E-state index < -0.39 is 21.8 Å². The van der Waals surface area contributed by atoms with Crippen LogP contribution in [0.15, 0.2) is 51.7 Å². The summed E-state index contributed by atoms with van der Waals surface area (Å²) < 4.78 is 22.5. The fourth-order valence-electron chi connectivity index (χ4n) is 2.29. The number of carbonyl (C=O) groups is 2. The summed E-state index contributed by atoms with van der Waals surface area (Å²) in [5.74, 6) is -1.04. The number of benzene rings is 1. The van der Waals surface area contributed by atoms with Crippen LogP contribution in [0.2, 0.25) is 0 Å². The zero-order valence-corrected chi connectivity index (χ0v) is 14.5. The zero-order valence-electron chi connectivity index (χ0n) is 12.1. The van der Waals surface area contributed by atoms with Gasteiger partial charge in [-0.25, -0.2) is 13.6 Å². The maximum atomic E-state index is 12.5. The van der Waals surface area contributed by atoms with E-state index in [1.54, 1.807) is 17.5 Å². The summed E-state index contributed by atoms with van der Waals surface area (Å²) in [4.78, 5) is 26.4. The van der Waals surface area contributed by atoms with Crippen LogP contribution in [0, 0.1) is 0 Å². The van der Waals surface area contributed by atoms with Gasteiger partial charge in [-0.1, -0.05) is 29.8 Å². The largest absolute Gasteiger partial charge is 0.273 e. The Morgan fingerprint density at radius 3 is 2.29 bits per heavy atom. The van der Waals surface area contributed by atoms with Gasteiger partial charge >= 0.3 is 0 Å². The van der Waals surface area contributed by atoms with E-state index >= 15 is 0 Å². The molecule has 3 rings (SSSR count). The Morgan fingerprint density at radius 2 is 1.75 bits per heavy atom. The Balaban J connectivity index is 1.85. The molecule has 0 aliphatic carbocycles. The summed E-state index contributed by atoms with van der Waals surface area (Å²) in [5, 5.41) is 6.72. The van der Waals surface area contributed by atoms with Crippen LogP contribution in [-0.4, -0.2) is 25.1 Å². The fourth-order valence-corrected chi connectivity index (χ4v) is 3.92. The zero-order chi connectivity index (χ0) is 17.5. The summed E-state index contributed by atoms with van der Waals surface area (Å²) in [6, 6.07) is 9.13. The van der Waals surface area contributed by atoms with E-state index in [-0.39, 0.29) is 22.0 Å². The molecule has 2 N–H and O–H groups in total. The van der Waals surface area contributed by atoms with Crippen molar-refractivity contribution < 1.29 is 18.0 Å². The average Bonchev–Trinajstić information content (AvgIpc) is 3.11. The highest BCUT2D eigenvalue weighted by molar-refractivity contribution is 7.89. The molecule has 2 amide bonds. The van der Waals surface area contributed by atoms with E-state index in [1.165, 1.54) is 35.6 Å². The molecule has 2 heterocycles. The Labute approximate surface area is 147 Å². The first-order chi connectivity index (χ1) is 11.3. The molecule has 2 aromatic rings. The number of imide groups is 1. The molecule has 1 aliphatic rings. The molecule has 0 bridgehead atoms. The second-order valence-corrected chi connectivity index (χ2v) is 7.94. The number of hydrogen-bond acceptors (Lipinski definition) is 5. The fraction of sp³-hybridized carbons (Fsp3) is 0.0667. The van der Waals surface area contributed by atoms with Crippen LogP contribution >= 0.6 is 22.9 Å². The predicted molar refractivity (Wildman–Crippen MR) is 90.5 cm³/mol. The molecule has 0 saturated heterocycles. The number of halogens is 1. The van der Waals surface area contributed by atoms with E-state index in [9.17, 15) is 18.0 Å². The first-order valence-electron chi connectivity index (χ1n) is 6.70. The van der Waals surface area contributed by atoms with Crippen molar-refractivity contribution in [1.82, 2.24) is 4.90 Å². The highest BCUT2D eigenvalue weighted by Gasteiger charge is 2.38. The topological polar surface area (TPSA) is 97.5 Å². The van der Waals surface area contributed by atoms with E-state index in [4.69, 9.17) is 16.7 Å². The van der Waals surface area contributed by atoms with Gasteiger partial charge in [0.25, 0.3) is 11.8 Å². The number of sulfonamides is 1. The van der Waals surface area contributed by atoms with Crippen molar-refractivity contribution in [3.63, 3.8) is 0 Å². The SMILES string of the molecule is NS(=O)(=O)c1ccc(CN2C(=O)C(Cl)=C(c3cccs3)C2=O)cc1. The summed E-state index contributed by atoms with van der Waals surface area (Å²) in [5.41, 5.74) is 0.777. The molecule has 0 unspecified atom stereocenters. The van der Waals surface area contributed by atoms with Crippen LogP contribution in [0.25, 0.3) is 5.57 Å². The van der Waals surface area contributed by atoms with E-state index in [1.807, 2.05) is 0 Å². The minimum atomic E-state index is -3.79. The highest BCUT2D eigenvalue weighted by atomic mass is 35.5. The van der Waals surface area contributed by atoms with Gasteiger partial charge in [0.2, 0.25) is 10.0 Å². The maximum absolute atomic E-state index is 12.5. The van der Waals surface area contributed by atoms with E-state index in [2.05, 4.69) is 0 Å². The van der Waals surface area contributed by atoms with Crippen molar-refractivity contribution in [2.24, 2.45) is 5.14 Å². The van der Waals surface area contributed by atoms with Gasteiger partial charge in [0, 0.05) is 4.88 Å². The first-order valence-corrected chi connectivity index (χ1v) is 9.51. The molecule has 0 atom stereocenters. The van der Waals surface area contributed by atoms with Crippen molar-refractivity contribution in [2.45, 2.75) is 11.4 Å². The lowest BCUT2D eigenvalue weighted by Crippen LogP contribution is -2.30. The number of rotatable bonds is 4. The molecule has 0 spiro atoms. The number of primary sulfonamides is 1. The van der Waals surface area contributed by atoms with Crippen LogP contribution in [0.3, 0.4) is 0 Å². The lowest BCUT2D eigenvalue weighted by molar-refractivity contribution is -0.137. The molecule has 0 fully saturated rings. The van der Waals surface area contributed by atoms with Gasteiger partial charge in [-0.05, 0) is 29.1 Å². The lowest BCUT2D eigenvalue weighted by atomic mass is 10.2. The second kappa shape index (κ2) is 6.14. The molecule has 9 heteroatoms. The normalized spacial score (nSPS) is 15.5. The van der Waals surface area contributed by atoms with Crippen LogP contribution < -0.4 is 5.14 Å². The van der Waals surface area contributed by atoms with Gasteiger partial charge in [0.15, 0.2) is 0 Å². The van der Waals surface area contributed by atoms with Crippen molar-refractivity contribution in [1.29, 1.82) is 0 Å². The van der Waals surface area contributed by atoms with E-state index in [0.717, 1.165) is 4.90 Å².